The molecule has 0 radical (unpaired) electrons. The number of methoxy groups -OCH3 is 1. The van der Waals surface area contributed by atoms with E-state index < -0.39 is 28.9 Å². The number of hydrogen-bond donors (Lipinski definition) is 3. The third-order valence-electron chi connectivity index (χ3n) is 6.60. The lowest BCUT2D eigenvalue weighted by Gasteiger charge is -2.28. The summed E-state index contributed by atoms with van der Waals surface area (Å²) in [5.74, 6) is 0.126. The molecule has 14 nitrogen and oxygen atoms in total. The fourth-order valence-corrected chi connectivity index (χ4v) is 6.55. The van der Waals surface area contributed by atoms with Crippen LogP contribution in [0.2, 0.25) is 0 Å². The third kappa shape index (κ3) is 9.31. The lowest BCUT2D eigenvalue weighted by molar-refractivity contribution is -0.384. The van der Waals surface area contributed by atoms with E-state index in [4.69, 9.17) is 18.9 Å². The van der Waals surface area contributed by atoms with Crippen molar-refractivity contribution in [2.24, 2.45) is 5.10 Å². The molecule has 1 aliphatic rings. The molecule has 1 heterocycles. The summed E-state index contributed by atoms with van der Waals surface area (Å²) < 4.78 is 23.9. The van der Waals surface area contributed by atoms with Crippen LogP contribution in [-0.2, 0) is 20.9 Å². The monoisotopic (exact) mass is 869 g/mol. The Morgan fingerprint density at radius 2 is 1.77 bits per heavy atom. The van der Waals surface area contributed by atoms with Gasteiger partial charge in [0.15, 0.2) is 18.1 Å². The number of non-ortho nitro benzene ring substituents is 1. The maximum absolute atomic E-state index is 12.6. The SMILES string of the molecule is CCOC(=O)C1=C(C)NC(=O)N[C@@H]1c1ccc(OCC(=O)N/N=C\c2cc(I)c(OCc3ccc([N+](=O)[O-])cc3)c(I)c2)c(OC)c1. The summed E-state index contributed by atoms with van der Waals surface area (Å²) in [6.45, 7) is 3.35. The van der Waals surface area contributed by atoms with E-state index in [1.165, 1.54) is 25.5 Å². The van der Waals surface area contributed by atoms with Crippen LogP contribution in [0.1, 0.15) is 36.6 Å². The fourth-order valence-electron chi connectivity index (χ4n) is 4.42. The minimum atomic E-state index is -0.787. The molecule has 0 aromatic heterocycles. The Hall–Kier alpha value is -4.46. The van der Waals surface area contributed by atoms with Gasteiger partial charge in [-0.2, -0.15) is 5.10 Å². The van der Waals surface area contributed by atoms with Gasteiger partial charge in [-0.1, -0.05) is 6.07 Å². The smallest absolute Gasteiger partial charge is 0.338 e. The molecular weight excluding hydrogens is 840 g/mol. The maximum atomic E-state index is 12.6. The molecule has 0 fully saturated rings. The van der Waals surface area contributed by atoms with E-state index in [0.29, 0.717) is 17.0 Å². The van der Waals surface area contributed by atoms with E-state index >= 15 is 0 Å². The highest BCUT2D eigenvalue weighted by Gasteiger charge is 2.32. The highest BCUT2D eigenvalue weighted by Crippen LogP contribution is 2.35. The largest absolute Gasteiger partial charge is 0.493 e. The van der Waals surface area contributed by atoms with Gasteiger partial charge >= 0.3 is 12.0 Å². The number of esters is 1. The lowest BCUT2D eigenvalue weighted by Crippen LogP contribution is -2.45. The summed E-state index contributed by atoms with van der Waals surface area (Å²) in [5, 5.41) is 20.2. The Morgan fingerprint density at radius 1 is 1.06 bits per heavy atom. The summed E-state index contributed by atoms with van der Waals surface area (Å²) >= 11 is 4.27. The van der Waals surface area contributed by atoms with Crippen LogP contribution < -0.4 is 30.3 Å². The Bertz CT molecular complexity index is 1720. The number of nitrogens with one attached hydrogen (secondary N) is 3. The number of rotatable bonds is 13. The molecule has 0 spiro atoms. The molecule has 0 aliphatic carbocycles. The van der Waals surface area contributed by atoms with Crippen LogP contribution in [0.5, 0.6) is 17.2 Å². The first-order valence-electron chi connectivity index (χ1n) is 13.9. The van der Waals surface area contributed by atoms with Gasteiger partial charge in [0, 0.05) is 17.8 Å². The van der Waals surface area contributed by atoms with Crippen molar-refractivity contribution in [2.45, 2.75) is 26.5 Å². The Morgan fingerprint density at radius 3 is 2.40 bits per heavy atom. The van der Waals surface area contributed by atoms with E-state index in [-0.39, 0.29) is 42.6 Å². The zero-order chi connectivity index (χ0) is 34.1. The van der Waals surface area contributed by atoms with Crippen LogP contribution in [0.15, 0.2) is 71.0 Å². The third-order valence-corrected chi connectivity index (χ3v) is 8.20. The first kappa shape index (κ1) is 35.4. The second kappa shape index (κ2) is 16.4. The quantitative estimate of drug-likeness (QED) is 0.0692. The molecule has 1 aliphatic heterocycles. The molecule has 3 N–H and O–H groups in total. The van der Waals surface area contributed by atoms with Crippen LogP contribution >= 0.6 is 45.2 Å². The number of hydrogen-bond acceptors (Lipinski definition) is 10. The van der Waals surface area contributed by atoms with Crippen molar-refractivity contribution in [3.63, 3.8) is 0 Å². The number of benzene rings is 3. The molecule has 16 heteroatoms. The number of ether oxygens (including phenoxy) is 4. The number of nitrogens with zero attached hydrogens (tertiary/aromatic N) is 2. The van der Waals surface area contributed by atoms with E-state index in [9.17, 15) is 24.5 Å². The number of carbonyl (C=O) groups excluding carboxylic acids is 3. The summed E-state index contributed by atoms with van der Waals surface area (Å²) in [6, 6.07) is 13.4. The second-order valence-electron chi connectivity index (χ2n) is 9.81. The summed E-state index contributed by atoms with van der Waals surface area (Å²) in [7, 11) is 1.43. The molecule has 0 saturated carbocycles. The number of urea groups is 1. The van der Waals surface area contributed by atoms with Crippen molar-refractivity contribution in [3.05, 3.63) is 99.8 Å². The second-order valence-corrected chi connectivity index (χ2v) is 12.1. The summed E-state index contributed by atoms with van der Waals surface area (Å²) in [5.41, 5.74) is 5.13. The number of nitro groups is 1. The molecular formula is C31H29I2N5O9. The lowest BCUT2D eigenvalue weighted by atomic mass is 9.95. The topological polar surface area (TPSA) is 180 Å². The predicted octanol–water partition coefficient (Wildman–Crippen LogP) is 5.11. The molecule has 3 aromatic rings. The molecule has 246 valence electrons. The molecule has 47 heavy (non-hydrogen) atoms. The normalized spacial score (nSPS) is 14.2. The van der Waals surface area contributed by atoms with Gasteiger partial charge in [0.05, 0.1) is 43.6 Å². The first-order chi connectivity index (χ1) is 22.5. The standard InChI is InChI=1S/C31H29I2N5O9/c1-4-45-30(40)27-17(2)35-31(41)36-28(27)20-7-10-24(25(13-20)44-3)46-16-26(39)37-34-14-19-11-22(32)29(23(33)12-19)47-15-18-5-8-21(9-6-18)38(42)43/h5-14,28H,4,15-16H2,1-3H3,(H,37,39)(H2,35,36,41)/b34-14-/t28-/m1/s1. The number of allylic oxidation sites excluding steroid dienone is 1. The van der Waals surface area contributed by atoms with Crippen LogP contribution in [0.25, 0.3) is 0 Å². The summed E-state index contributed by atoms with van der Waals surface area (Å²) in [4.78, 5) is 47.7. The van der Waals surface area contributed by atoms with Crippen molar-refractivity contribution in [1.82, 2.24) is 16.1 Å². The predicted molar refractivity (Wildman–Crippen MR) is 187 cm³/mol. The number of halogens is 2. The van der Waals surface area contributed by atoms with Gasteiger partial charge in [-0.25, -0.2) is 15.0 Å². The van der Waals surface area contributed by atoms with Crippen molar-refractivity contribution >= 4 is 75.0 Å². The van der Waals surface area contributed by atoms with Gasteiger partial charge < -0.3 is 29.6 Å². The summed E-state index contributed by atoms with van der Waals surface area (Å²) in [6.07, 6.45) is 1.49. The van der Waals surface area contributed by atoms with Crippen molar-refractivity contribution < 1.29 is 38.3 Å². The molecule has 3 aromatic carbocycles. The molecule has 3 amide bonds. The van der Waals surface area contributed by atoms with E-state index in [1.54, 1.807) is 44.2 Å². The molecule has 0 unspecified atom stereocenters. The van der Waals surface area contributed by atoms with E-state index in [2.05, 4.69) is 66.3 Å². The van der Waals surface area contributed by atoms with Gasteiger partial charge in [-0.3, -0.25) is 14.9 Å². The van der Waals surface area contributed by atoms with E-state index in [1.807, 2.05) is 12.1 Å². The Balaban J connectivity index is 1.34. The van der Waals surface area contributed by atoms with Crippen LogP contribution in [0, 0.1) is 17.3 Å². The average Bonchev–Trinajstić information content (AvgIpc) is 3.03. The van der Waals surface area contributed by atoms with Crippen LogP contribution in [0.4, 0.5) is 10.5 Å². The first-order valence-corrected chi connectivity index (χ1v) is 16.1. The molecule has 0 bridgehead atoms. The van der Waals surface area contributed by atoms with Gasteiger partial charge in [0.2, 0.25) is 0 Å². The minimum absolute atomic E-state index is 0.0129. The minimum Gasteiger partial charge on any atom is -0.493 e. The van der Waals surface area contributed by atoms with E-state index in [0.717, 1.165) is 18.3 Å². The van der Waals surface area contributed by atoms with Crippen molar-refractivity contribution in [2.75, 3.05) is 20.3 Å². The number of carbonyl (C=O) groups is 3. The molecule has 4 rings (SSSR count). The van der Waals surface area contributed by atoms with Crippen molar-refractivity contribution in [3.8, 4) is 17.2 Å². The average molecular weight is 869 g/mol. The highest BCUT2D eigenvalue weighted by atomic mass is 127. The van der Waals surface area contributed by atoms with Gasteiger partial charge in [-0.15, -0.1) is 0 Å². The Labute approximate surface area is 296 Å². The fraction of sp³-hybridized carbons (Fsp3) is 0.226. The van der Waals surface area contributed by atoms with Crippen LogP contribution in [0.3, 0.4) is 0 Å². The maximum Gasteiger partial charge on any atom is 0.338 e. The molecule has 1 atom stereocenters. The van der Waals surface area contributed by atoms with Gasteiger partial charge in [0.25, 0.3) is 11.6 Å². The highest BCUT2D eigenvalue weighted by molar-refractivity contribution is 14.1. The van der Waals surface area contributed by atoms with Crippen LogP contribution in [-0.4, -0.2) is 49.4 Å². The zero-order valence-corrected chi connectivity index (χ0v) is 29.6. The zero-order valence-electron chi connectivity index (χ0n) is 25.3. The number of amides is 3. The molecule has 0 saturated heterocycles. The van der Waals surface area contributed by atoms with Gasteiger partial charge in [-0.05, 0) is 112 Å². The van der Waals surface area contributed by atoms with Gasteiger partial charge in [0.1, 0.15) is 12.4 Å². The number of nitro benzene ring substituents is 1. The number of hydrazone groups is 1. The Kier molecular flexibility index (Phi) is 12.3. The van der Waals surface area contributed by atoms with Crippen molar-refractivity contribution in [1.29, 1.82) is 0 Å².